The van der Waals surface area contributed by atoms with Crippen molar-refractivity contribution in [3.63, 3.8) is 0 Å². The number of nitrogens with two attached hydrogens (primary N) is 2. The van der Waals surface area contributed by atoms with Gasteiger partial charge >= 0.3 is 6.03 Å². The number of hydrogen-bond donors (Lipinski definition) is 3. The van der Waals surface area contributed by atoms with Gasteiger partial charge in [0.15, 0.2) is 0 Å². The molecule has 5 heteroatoms. The summed E-state index contributed by atoms with van der Waals surface area (Å²) >= 11 is 0. The number of para-hydroxylation sites is 1. The number of nitrogens with zero attached hydrogens (tertiary/aromatic N) is 1. The van der Waals surface area contributed by atoms with E-state index in [1.54, 1.807) is 36.4 Å². The molecule has 2 rings (SSSR count). The quantitative estimate of drug-likeness (QED) is 0.706. The average Bonchev–Trinajstić information content (AvgIpc) is 2.33. The SMILES string of the molecule is NC(=O)N(c1ccccc1)c1ccc(N)cc1O. The first kappa shape index (κ1) is 11.8. The Morgan fingerprint density at radius 3 is 2.33 bits per heavy atom. The summed E-state index contributed by atoms with van der Waals surface area (Å²) in [5.41, 5.74) is 12.2. The van der Waals surface area contributed by atoms with Gasteiger partial charge in [-0.3, -0.25) is 4.90 Å². The van der Waals surface area contributed by atoms with Crippen LogP contribution in [0.5, 0.6) is 5.75 Å². The number of urea groups is 1. The summed E-state index contributed by atoms with van der Waals surface area (Å²) in [6, 6.07) is 12.7. The van der Waals surface area contributed by atoms with E-state index < -0.39 is 6.03 Å². The number of carbonyl (C=O) groups excluding carboxylic acids is 1. The molecule has 0 unspecified atom stereocenters. The van der Waals surface area contributed by atoms with Crippen LogP contribution in [-0.2, 0) is 0 Å². The first-order valence-corrected chi connectivity index (χ1v) is 5.32. The second-order valence-corrected chi connectivity index (χ2v) is 3.76. The number of benzene rings is 2. The molecule has 0 saturated heterocycles. The van der Waals surface area contributed by atoms with Crippen molar-refractivity contribution in [2.24, 2.45) is 5.73 Å². The maximum absolute atomic E-state index is 11.5. The van der Waals surface area contributed by atoms with Gasteiger partial charge in [-0.25, -0.2) is 4.79 Å². The molecule has 0 aliphatic rings. The fourth-order valence-corrected chi connectivity index (χ4v) is 1.69. The van der Waals surface area contributed by atoms with E-state index in [2.05, 4.69) is 0 Å². The molecule has 0 aliphatic heterocycles. The standard InChI is InChI=1S/C13H13N3O2/c14-9-6-7-11(12(17)8-9)16(13(15)18)10-4-2-1-3-5-10/h1-8,17H,14H2,(H2,15,18). The zero-order chi connectivity index (χ0) is 13.1. The first-order chi connectivity index (χ1) is 8.59. The summed E-state index contributed by atoms with van der Waals surface area (Å²) in [6.07, 6.45) is 0. The summed E-state index contributed by atoms with van der Waals surface area (Å²) in [4.78, 5) is 12.8. The molecule has 0 atom stereocenters. The first-order valence-electron chi connectivity index (χ1n) is 5.32. The predicted octanol–water partition coefficient (Wildman–Crippen LogP) is 2.19. The topological polar surface area (TPSA) is 92.6 Å². The van der Waals surface area contributed by atoms with Crippen LogP contribution in [0.2, 0.25) is 0 Å². The third kappa shape index (κ3) is 2.20. The number of nitrogen functional groups attached to an aromatic ring is 1. The van der Waals surface area contributed by atoms with Gasteiger partial charge in [0.1, 0.15) is 5.75 Å². The van der Waals surface area contributed by atoms with Crippen LogP contribution in [0.4, 0.5) is 21.9 Å². The van der Waals surface area contributed by atoms with E-state index in [0.717, 1.165) is 0 Å². The number of phenols is 1. The largest absolute Gasteiger partial charge is 0.506 e. The van der Waals surface area contributed by atoms with E-state index in [0.29, 0.717) is 17.1 Å². The number of carbonyl (C=O) groups is 1. The summed E-state index contributed by atoms with van der Waals surface area (Å²) < 4.78 is 0. The number of aromatic hydroxyl groups is 1. The highest BCUT2D eigenvalue weighted by Crippen LogP contribution is 2.34. The lowest BCUT2D eigenvalue weighted by molar-refractivity contribution is 0.256. The molecule has 0 aliphatic carbocycles. The van der Waals surface area contributed by atoms with Gasteiger partial charge < -0.3 is 16.6 Å². The minimum atomic E-state index is -0.679. The smallest absolute Gasteiger partial charge is 0.324 e. The van der Waals surface area contributed by atoms with E-state index in [1.165, 1.54) is 11.0 Å². The van der Waals surface area contributed by atoms with Gasteiger partial charge in [-0.15, -0.1) is 0 Å². The Kier molecular flexibility index (Phi) is 3.05. The lowest BCUT2D eigenvalue weighted by Crippen LogP contribution is -2.31. The molecule has 5 nitrogen and oxygen atoms in total. The van der Waals surface area contributed by atoms with Crippen LogP contribution >= 0.6 is 0 Å². The van der Waals surface area contributed by atoms with E-state index in [9.17, 15) is 9.90 Å². The molecule has 0 fully saturated rings. The Morgan fingerprint density at radius 2 is 1.78 bits per heavy atom. The van der Waals surface area contributed by atoms with Crippen molar-refractivity contribution in [3.05, 3.63) is 48.5 Å². The molecular weight excluding hydrogens is 230 g/mol. The van der Waals surface area contributed by atoms with E-state index in [1.807, 2.05) is 6.07 Å². The number of hydrogen-bond acceptors (Lipinski definition) is 3. The van der Waals surface area contributed by atoms with Crippen molar-refractivity contribution in [2.75, 3.05) is 10.6 Å². The third-order valence-corrected chi connectivity index (χ3v) is 2.48. The van der Waals surface area contributed by atoms with Crippen LogP contribution in [0.3, 0.4) is 0 Å². The van der Waals surface area contributed by atoms with Gasteiger partial charge in [0.05, 0.1) is 11.4 Å². The molecule has 5 N–H and O–H groups in total. The lowest BCUT2D eigenvalue weighted by atomic mass is 10.2. The number of phenolic OH excluding ortho intramolecular Hbond substituents is 1. The summed E-state index contributed by atoms with van der Waals surface area (Å²) in [6.45, 7) is 0. The Balaban J connectivity index is 2.52. The monoisotopic (exact) mass is 243 g/mol. The maximum Gasteiger partial charge on any atom is 0.324 e. The van der Waals surface area contributed by atoms with Crippen LogP contribution in [0.25, 0.3) is 0 Å². The van der Waals surface area contributed by atoms with Crippen molar-refractivity contribution in [1.82, 2.24) is 0 Å². The van der Waals surface area contributed by atoms with Gasteiger partial charge in [-0.05, 0) is 24.3 Å². The minimum absolute atomic E-state index is 0.0994. The maximum atomic E-state index is 11.5. The molecule has 2 aromatic carbocycles. The molecule has 0 radical (unpaired) electrons. The average molecular weight is 243 g/mol. The molecular formula is C13H13N3O2. The highest BCUT2D eigenvalue weighted by Gasteiger charge is 2.18. The van der Waals surface area contributed by atoms with Crippen LogP contribution in [-0.4, -0.2) is 11.1 Å². The second kappa shape index (κ2) is 4.67. The van der Waals surface area contributed by atoms with E-state index in [-0.39, 0.29) is 5.75 Å². The van der Waals surface area contributed by atoms with Crippen molar-refractivity contribution in [1.29, 1.82) is 0 Å². The second-order valence-electron chi connectivity index (χ2n) is 3.76. The van der Waals surface area contributed by atoms with Gasteiger partial charge in [-0.1, -0.05) is 18.2 Å². The van der Waals surface area contributed by atoms with Crippen LogP contribution < -0.4 is 16.4 Å². The summed E-state index contributed by atoms with van der Waals surface area (Å²) in [5.74, 6) is -0.0994. The van der Waals surface area contributed by atoms with E-state index in [4.69, 9.17) is 11.5 Å². The molecule has 0 saturated carbocycles. The van der Waals surface area contributed by atoms with Crippen molar-refractivity contribution in [3.8, 4) is 5.75 Å². The Bertz CT molecular complexity index is 570. The number of anilines is 3. The van der Waals surface area contributed by atoms with Gasteiger partial charge in [0.25, 0.3) is 0 Å². The third-order valence-electron chi connectivity index (χ3n) is 2.48. The highest BCUT2D eigenvalue weighted by atomic mass is 16.3. The molecule has 92 valence electrons. The van der Waals surface area contributed by atoms with Gasteiger partial charge in [0.2, 0.25) is 0 Å². The normalized spacial score (nSPS) is 10.0. The fraction of sp³-hybridized carbons (Fsp3) is 0. The zero-order valence-corrected chi connectivity index (χ0v) is 9.58. The fourth-order valence-electron chi connectivity index (χ4n) is 1.69. The minimum Gasteiger partial charge on any atom is -0.506 e. The Morgan fingerprint density at radius 1 is 1.11 bits per heavy atom. The Hall–Kier alpha value is -2.69. The molecule has 18 heavy (non-hydrogen) atoms. The molecule has 0 bridgehead atoms. The van der Waals surface area contributed by atoms with E-state index >= 15 is 0 Å². The summed E-state index contributed by atoms with van der Waals surface area (Å²) in [5, 5.41) is 9.84. The highest BCUT2D eigenvalue weighted by molar-refractivity contribution is 6.00. The molecule has 0 spiro atoms. The van der Waals surface area contributed by atoms with Crippen LogP contribution in [0.1, 0.15) is 0 Å². The van der Waals surface area contributed by atoms with Crippen molar-refractivity contribution >= 4 is 23.1 Å². The van der Waals surface area contributed by atoms with Crippen molar-refractivity contribution < 1.29 is 9.90 Å². The Labute approximate surface area is 104 Å². The molecule has 0 aromatic heterocycles. The van der Waals surface area contributed by atoms with Crippen molar-refractivity contribution in [2.45, 2.75) is 0 Å². The van der Waals surface area contributed by atoms with Gasteiger partial charge in [-0.2, -0.15) is 0 Å². The van der Waals surface area contributed by atoms with Crippen LogP contribution in [0, 0.1) is 0 Å². The predicted molar refractivity (Wildman–Crippen MR) is 70.7 cm³/mol. The summed E-state index contributed by atoms with van der Waals surface area (Å²) in [7, 11) is 0. The molecule has 2 amide bonds. The van der Waals surface area contributed by atoms with Gasteiger partial charge in [0, 0.05) is 11.8 Å². The molecule has 0 heterocycles. The number of amides is 2. The number of primary amides is 1. The lowest BCUT2D eigenvalue weighted by Gasteiger charge is -2.21. The zero-order valence-electron chi connectivity index (χ0n) is 9.58. The molecule has 2 aromatic rings. The van der Waals surface area contributed by atoms with Crippen LogP contribution in [0.15, 0.2) is 48.5 Å². The number of rotatable bonds is 2.